The van der Waals surface area contributed by atoms with Crippen molar-refractivity contribution in [1.29, 1.82) is 0 Å². The Balaban J connectivity index is 1.23. The van der Waals surface area contributed by atoms with Crippen molar-refractivity contribution < 1.29 is 14.4 Å². The van der Waals surface area contributed by atoms with Gasteiger partial charge in [0.05, 0.1) is 5.69 Å². The van der Waals surface area contributed by atoms with Gasteiger partial charge in [0.25, 0.3) is 5.91 Å². The van der Waals surface area contributed by atoms with Crippen LogP contribution in [0.3, 0.4) is 0 Å². The number of benzene rings is 4. The first-order valence-electron chi connectivity index (χ1n) is 16.0. The van der Waals surface area contributed by atoms with Crippen LogP contribution in [0.2, 0.25) is 0 Å². The predicted molar refractivity (Wildman–Crippen MR) is 176 cm³/mol. The molecule has 1 heterocycles. The Morgan fingerprint density at radius 3 is 2.39 bits per heavy atom. The molecule has 4 aromatic rings. The van der Waals surface area contributed by atoms with Crippen molar-refractivity contribution in [3.63, 3.8) is 0 Å². The largest absolute Gasteiger partial charge is 0.352 e. The Morgan fingerprint density at radius 1 is 0.886 bits per heavy atom. The molecule has 0 saturated heterocycles. The summed E-state index contributed by atoms with van der Waals surface area (Å²) in [6.45, 7) is 2.83. The lowest BCUT2D eigenvalue weighted by Crippen LogP contribution is -2.52. The van der Waals surface area contributed by atoms with Crippen LogP contribution >= 0.6 is 0 Å². The molecule has 6 heteroatoms. The summed E-state index contributed by atoms with van der Waals surface area (Å²) in [6, 6.07) is 29.4. The molecule has 4 aromatic carbocycles. The van der Waals surface area contributed by atoms with Gasteiger partial charge in [-0.25, -0.2) is 0 Å². The highest BCUT2D eigenvalue weighted by Crippen LogP contribution is 2.37. The minimum atomic E-state index is -0.640. The number of aryl methyl sites for hydroxylation is 1. The monoisotopic (exact) mass is 587 g/mol. The highest BCUT2D eigenvalue weighted by molar-refractivity contribution is 6.25. The number of carbonyl (C=O) groups is 3. The Morgan fingerprint density at radius 2 is 1.61 bits per heavy atom. The van der Waals surface area contributed by atoms with E-state index in [9.17, 15) is 14.4 Å². The lowest BCUT2D eigenvalue weighted by Gasteiger charge is -2.34. The van der Waals surface area contributed by atoms with Crippen LogP contribution in [0, 0.1) is 6.92 Å². The van der Waals surface area contributed by atoms with Crippen LogP contribution in [0.15, 0.2) is 91.0 Å². The number of amides is 3. The molecule has 1 aliphatic carbocycles. The maximum absolute atomic E-state index is 14.2. The van der Waals surface area contributed by atoms with E-state index in [2.05, 4.69) is 11.4 Å². The van der Waals surface area contributed by atoms with E-state index in [1.54, 1.807) is 9.80 Å². The summed E-state index contributed by atoms with van der Waals surface area (Å²) in [7, 11) is 0. The summed E-state index contributed by atoms with van der Waals surface area (Å²) in [5, 5.41) is 5.34. The molecule has 0 radical (unpaired) electrons. The molecule has 3 amide bonds. The zero-order chi connectivity index (χ0) is 30.5. The maximum Gasteiger partial charge on any atom is 0.258 e. The number of carbonyl (C=O) groups excluding carboxylic acids is 3. The molecule has 44 heavy (non-hydrogen) atoms. The number of anilines is 1. The maximum atomic E-state index is 14.2. The average molecular weight is 588 g/mol. The van der Waals surface area contributed by atoms with Gasteiger partial charge in [0.1, 0.15) is 6.04 Å². The Kier molecular flexibility index (Phi) is 9.06. The van der Waals surface area contributed by atoms with Crippen molar-refractivity contribution in [1.82, 2.24) is 10.2 Å². The molecule has 1 saturated carbocycles. The fourth-order valence-electron chi connectivity index (χ4n) is 6.84. The van der Waals surface area contributed by atoms with E-state index in [-0.39, 0.29) is 30.2 Å². The van der Waals surface area contributed by atoms with Crippen molar-refractivity contribution >= 4 is 34.2 Å². The van der Waals surface area contributed by atoms with Crippen LogP contribution < -0.4 is 10.2 Å². The molecule has 0 unspecified atom stereocenters. The summed E-state index contributed by atoms with van der Waals surface area (Å²) < 4.78 is 0. The second kappa shape index (κ2) is 13.5. The molecule has 0 spiro atoms. The molecular formula is C38H41N3O3. The molecule has 0 bridgehead atoms. The molecule has 226 valence electrons. The van der Waals surface area contributed by atoms with Crippen LogP contribution in [0.25, 0.3) is 10.8 Å². The van der Waals surface area contributed by atoms with Crippen molar-refractivity contribution in [3.8, 4) is 0 Å². The smallest absolute Gasteiger partial charge is 0.258 e. The van der Waals surface area contributed by atoms with E-state index in [0.29, 0.717) is 31.5 Å². The Hall–Kier alpha value is -4.45. The molecule has 1 N–H and O–H groups in total. The first-order valence-corrected chi connectivity index (χ1v) is 16.0. The zero-order valence-corrected chi connectivity index (χ0v) is 25.5. The highest BCUT2D eigenvalue weighted by Gasteiger charge is 2.33. The van der Waals surface area contributed by atoms with Gasteiger partial charge < -0.3 is 15.1 Å². The fraction of sp³-hybridized carbons (Fsp3) is 0.342. The Bertz CT molecular complexity index is 1640. The third-order valence-corrected chi connectivity index (χ3v) is 9.08. The van der Waals surface area contributed by atoms with Crippen LogP contribution in [0.5, 0.6) is 0 Å². The normalized spacial score (nSPS) is 15.4. The van der Waals surface area contributed by atoms with E-state index < -0.39 is 6.04 Å². The molecule has 1 atom stereocenters. The molecule has 2 aliphatic rings. The summed E-state index contributed by atoms with van der Waals surface area (Å²) in [6.07, 6.45) is 6.59. The Labute approximate surface area is 260 Å². The fourth-order valence-corrected chi connectivity index (χ4v) is 6.84. The molecular weight excluding hydrogens is 546 g/mol. The van der Waals surface area contributed by atoms with E-state index in [4.69, 9.17) is 0 Å². The van der Waals surface area contributed by atoms with Crippen molar-refractivity contribution in [3.05, 3.63) is 113 Å². The van der Waals surface area contributed by atoms with Crippen LogP contribution in [-0.2, 0) is 22.6 Å². The summed E-state index contributed by atoms with van der Waals surface area (Å²) in [4.78, 5) is 45.1. The van der Waals surface area contributed by atoms with E-state index >= 15 is 0 Å². The van der Waals surface area contributed by atoms with Crippen molar-refractivity contribution in [2.24, 2.45) is 0 Å². The second-order valence-electron chi connectivity index (χ2n) is 12.3. The SMILES string of the molecule is Cc1cccc(CN(C(=O)CCCN2C(=O)c3cccc4cccc2c34)[C@H](Cc2ccccc2)C(=O)NC2CCCCC2)c1. The number of hydrogen-bond donors (Lipinski definition) is 1. The molecule has 6 rings (SSSR count). The van der Waals surface area contributed by atoms with Gasteiger partial charge in [-0.15, -0.1) is 0 Å². The lowest BCUT2D eigenvalue weighted by molar-refractivity contribution is -0.141. The third-order valence-electron chi connectivity index (χ3n) is 9.08. The van der Waals surface area contributed by atoms with Gasteiger partial charge in [-0.2, -0.15) is 0 Å². The van der Waals surface area contributed by atoms with E-state index in [1.165, 1.54) is 6.42 Å². The number of nitrogens with zero attached hydrogens (tertiary/aromatic N) is 2. The molecule has 1 fully saturated rings. The van der Waals surface area contributed by atoms with Gasteiger partial charge in [0.15, 0.2) is 0 Å². The number of rotatable bonds is 11. The summed E-state index contributed by atoms with van der Waals surface area (Å²) >= 11 is 0. The summed E-state index contributed by atoms with van der Waals surface area (Å²) in [5.41, 5.74) is 4.75. The molecule has 0 aromatic heterocycles. The predicted octanol–water partition coefficient (Wildman–Crippen LogP) is 6.98. The van der Waals surface area contributed by atoms with Crippen LogP contribution in [-0.4, -0.2) is 41.2 Å². The standard InChI is InChI=1S/C38H41N3O3/c1-27-12-8-15-29(24-27)26-41(34(25-28-13-4-2-5-14-28)37(43)39-31-18-6-3-7-19-31)35(42)22-11-23-40-33-21-10-17-30-16-9-20-32(36(30)33)38(40)44/h2,4-5,8-10,12-17,20-21,24,31,34H,3,6-7,11,18-19,22-23,25-26H2,1H3,(H,39,43)/t34-/m1/s1. The lowest BCUT2D eigenvalue weighted by atomic mass is 9.94. The van der Waals surface area contributed by atoms with Crippen molar-refractivity contribution in [2.45, 2.75) is 76.9 Å². The van der Waals surface area contributed by atoms with Gasteiger partial charge in [0.2, 0.25) is 11.8 Å². The van der Waals surface area contributed by atoms with Crippen molar-refractivity contribution in [2.75, 3.05) is 11.4 Å². The third kappa shape index (κ3) is 6.54. The topological polar surface area (TPSA) is 69.7 Å². The van der Waals surface area contributed by atoms with Crippen LogP contribution in [0.4, 0.5) is 5.69 Å². The van der Waals surface area contributed by atoms with E-state index in [1.807, 2.05) is 91.9 Å². The van der Waals surface area contributed by atoms with E-state index in [0.717, 1.165) is 58.8 Å². The van der Waals surface area contributed by atoms with Crippen LogP contribution in [0.1, 0.15) is 72.0 Å². The quantitative estimate of drug-likeness (QED) is 0.206. The number of nitrogens with one attached hydrogen (secondary N) is 1. The zero-order valence-electron chi connectivity index (χ0n) is 25.5. The molecule has 6 nitrogen and oxygen atoms in total. The molecule has 1 aliphatic heterocycles. The van der Waals surface area contributed by atoms with Gasteiger partial charge >= 0.3 is 0 Å². The van der Waals surface area contributed by atoms with Gasteiger partial charge in [-0.3, -0.25) is 14.4 Å². The second-order valence-corrected chi connectivity index (χ2v) is 12.3. The first-order chi connectivity index (χ1) is 21.5. The minimum Gasteiger partial charge on any atom is -0.352 e. The summed E-state index contributed by atoms with van der Waals surface area (Å²) in [5.74, 6) is -0.179. The average Bonchev–Trinajstić information content (AvgIpc) is 3.31. The first kappa shape index (κ1) is 29.6. The van der Waals surface area contributed by atoms with Gasteiger partial charge in [0, 0.05) is 42.9 Å². The van der Waals surface area contributed by atoms with Gasteiger partial charge in [-0.1, -0.05) is 104 Å². The number of hydrogen-bond acceptors (Lipinski definition) is 3. The minimum absolute atomic E-state index is 0.0188. The highest BCUT2D eigenvalue weighted by atomic mass is 16.2. The van der Waals surface area contributed by atoms with Gasteiger partial charge in [-0.05, 0) is 54.8 Å².